The Bertz CT molecular complexity index is 224. The van der Waals surface area contributed by atoms with Crippen LogP contribution in [-0.4, -0.2) is 39.2 Å². The molecule has 0 aliphatic carbocycles. The van der Waals surface area contributed by atoms with Crippen LogP contribution >= 0.6 is 0 Å². The summed E-state index contributed by atoms with van der Waals surface area (Å²) in [6.07, 6.45) is 0.275. The normalized spacial score (nSPS) is 16.9. The molecule has 5 heteroatoms. The van der Waals surface area contributed by atoms with Crippen LogP contribution in [0.1, 0.15) is 20.3 Å². The molecule has 0 aromatic rings. The Kier molecular flexibility index (Phi) is 5.51. The van der Waals surface area contributed by atoms with E-state index in [0.29, 0.717) is 6.42 Å². The summed E-state index contributed by atoms with van der Waals surface area (Å²) in [5, 5.41) is 0. The van der Waals surface area contributed by atoms with E-state index in [-0.39, 0.29) is 23.7 Å². The fourth-order valence-electron chi connectivity index (χ4n) is 0.874. The number of hydrogen-bond acceptors (Lipinski definition) is 4. The second-order valence-corrected chi connectivity index (χ2v) is 5.66. The standard InChI is InChI=1S/C8H19NO3S/c1-7(9)4-5-13(10,11)6-8(2)12-3/h7-8H,4-6,9H2,1-3H3. The molecular formula is C8H19NO3S. The molecule has 0 aliphatic heterocycles. The van der Waals surface area contributed by atoms with Crippen LogP contribution in [0.3, 0.4) is 0 Å². The van der Waals surface area contributed by atoms with Gasteiger partial charge in [-0.2, -0.15) is 0 Å². The van der Waals surface area contributed by atoms with Crippen LogP contribution in [0, 0.1) is 0 Å². The maximum atomic E-state index is 11.4. The van der Waals surface area contributed by atoms with E-state index in [2.05, 4.69) is 0 Å². The van der Waals surface area contributed by atoms with Crippen LogP contribution < -0.4 is 5.73 Å². The summed E-state index contributed by atoms with van der Waals surface area (Å²) in [6, 6.07) is -0.0624. The zero-order valence-electron chi connectivity index (χ0n) is 8.49. The van der Waals surface area contributed by atoms with Crippen molar-refractivity contribution in [3.05, 3.63) is 0 Å². The number of sulfone groups is 1. The molecule has 4 nitrogen and oxygen atoms in total. The lowest BCUT2D eigenvalue weighted by Crippen LogP contribution is -2.26. The topological polar surface area (TPSA) is 69.4 Å². The first-order chi connectivity index (χ1) is 5.87. The highest BCUT2D eigenvalue weighted by Gasteiger charge is 2.15. The van der Waals surface area contributed by atoms with Crippen LogP contribution in [0.2, 0.25) is 0 Å². The molecule has 13 heavy (non-hydrogen) atoms. The van der Waals surface area contributed by atoms with Gasteiger partial charge in [-0.15, -0.1) is 0 Å². The number of hydrogen-bond donors (Lipinski definition) is 1. The zero-order valence-corrected chi connectivity index (χ0v) is 9.30. The van der Waals surface area contributed by atoms with Gasteiger partial charge in [0.05, 0.1) is 17.6 Å². The number of ether oxygens (including phenoxy) is 1. The van der Waals surface area contributed by atoms with Gasteiger partial charge in [-0.1, -0.05) is 0 Å². The van der Waals surface area contributed by atoms with Crippen molar-refractivity contribution >= 4 is 9.84 Å². The van der Waals surface area contributed by atoms with Crippen LogP contribution in [0.5, 0.6) is 0 Å². The van der Waals surface area contributed by atoms with Gasteiger partial charge < -0.3 is 10.5 Å². The van der Waals surface area contributed by atoms with Crippen LogP contribution in [0.25, 0.3) is 0 Å². The van der Waals surface area contributed by atoms with Gasteiger partial charge in [0.1, 0.15) is 0 Å². The first-order valence-electron chi connectivity index (χ1n) is 4.36. The SMILES string of the molecule is COC(C)CS(=O)(=O)CCC(C)N. The fourth-order valence-corrected chi connectivity index (χ4v) is 2.62. The minimum atomic E-state index is -2.99. The second kappa shape index (κ2) is 5.57. The number of rotatable bonds is 6. The van der Waals surface area contributed by atoms with Crippen molar-refractivity contribution in [3.63, 3.8) is 0 Å². The smallest absolute Gasteiger partial charge is 0.152 e. The summed E-state index contributed by atoms with van der Waals surface area (Å²) in [5.74, 6) is 0.231. The van der Waals surface area contributed by atoms with E-state index in [4.69, 9.17) is 10.5 Å². The molecular weight excluding hydrogens is 190 g/mol. The van der Waals surface area contributed by atoms with E-state index in [1.54, 1.807) is 13.8 Å². The van der Waals surface area contributed by atoms with Gasteiger partial charge in [0.15, 0.2) is 9.84 Å². The molecule has 0 bridgehead atoms. The van der Waals surface area contributed by atoms with Gasteiger partial charge in [-0.25, -0.2) is 8.42 Å². The van der Waals surface area contributed by atoms with E-state index in [1.807, 2.05) is 0 Å². The maximum absolute atomic E-state index is 11.4. The molecule has 2 unspecified atom stereocenters. The quantitative estimate of drug-likeness (QED) is 0.677. The molecule has 0 heterocycles. The summed E-state index contributed by atoms with van der Waals surface area (Å²) in [7, 11) is -1.49. The molecule has 0 saturated carbocycles. The Labute approximate surface area is 80.4 Å². The molecule has 2 N–H and O–H groups in total. The third kappa shape index (κ3) is 6.98. The third-order valence-electron chi connectivity index (χ3n) is 1.78. The maximum Gasteiger partial charge on any atom is 0.152 e. The van der Waals surface area contributed by atoms with Gasteiger partial charge in [-0.05, 0) is 20.3 Å². The predicted octanol–water partition coefficient (Wildman–Crippen LogP) is 0.173. The van der Waals surface area contributed by atoms with Gasteiger partial charge in [0.2, 0.25) is 0 Å². The summed E-state index contributed by atoms with van der Waals surface area (Å²) in [5.41, 5.74) is 5.47. The van der Waals surface area contributed by atoms with Gasteiger partial charge in [-0.3, -0.25) is 0 Å². The summed E-state index contributed by atoms with van der Waals surface area (Å²) in [6.45, 7) is 3.54. The zero-order chi connectivity index (χ0) is 10.5. The molecule has 0 amide bonds. The first kappa shape index (κ1) is 12.9. The van der Waals surface area contributed by atoms with Gasteiger partial charge in [0, 0.05) is 13.2 Å². The summed E-state index contributed by atoms with van der Waals surface area (Å²) in [4.78, 5) is 0. The fraction of sp³-hybridized carbons (Fsp3) is 1.00. The molecule has 0 spiro atoms. The molecule has 0 saturated heterocycles. The van der Waals surface area contributed by atoms with Crippen molar-refractivity contribution < 1.29 is 13.2 Å². The monoisotopic (exact) mass is 209 g/mol. The van der Waals surface area contributed by atoms with Crippen molar-refractivity contribution in [1.82, 2.24) is 0 Å². The highest BCUT2D eigenvalue weighted by atomic mass is 32.2. The highest BCUT2D eigenvalue weighted by molar-refractivity contribution is 7.91. The van der Waals surface area contributed by atoms with Crippen molar-refractivity contribution in [2.75, 3.05) is 18.6 Å². The summed E-state index contributed by atoms with van der Waals surface area (Å²) >= 11 is 0. The minimum absolute atomic E-state index is 0.0624. The average Bonchev–Trinajstić information content (AvgIpc) is 2.00. The van der Waals surface area contributed by atoms with E-state index < -0.39 is 9.84 Å². The number of nitrogens with two attached hydrogens (primary N) is 1. The van der Waals surface area contributed by atoms with Crippen molar-refractivity contribution in [2.24, 2.45) is 5.73 Å². The van der Waals surface area contributed by atoms with Gasteiger partial charge in [0.25, 0.3) is 0 Å². The van der Waals surface area contributed by atoms with Crippen molar-refractivity contribution in [3.8, 4) is 0 Å². The third-order valence-corrected chi connectivity index (χ3v) is 3.61. The predicted molar refractivity (Wildman–Crippen MR) is 53.4 cm³/mol. The van der Waals surface area contributed by atoms with Crippen LogP contribution in [0.4, 0.5) is 0 Å². The van der Waals surface area contributed by atoms with Crippen molar-refractivity contribution in [1.29, 1.82) is 0 Å². The van der Waals surface area contributed by atoms with E-state index in [1.165, 1.54) is 7.11 Å². The summed E-state index contributed by atoms with van der Waals surface area (Å²) < 4.78 is 27.6. The second-order valence-electron chi connectivity index (χ2n) is 3.43. The Morgan fingerprint density at radius 3 is 2.31 bits per heavy atom. The largest absolute Gasteiger partial charge is 0.381 e. The number of methoxy groups -OCH3 is 1. The van der Waals surface area contributed by atoms with Crippen LogP contribution in [0.15, 0.2) is 0 Å². The molecule has 80 valence electrons. The Morgan fingerprint density at radius 2 is 1.92 bits per heavy atom. The Morgan fingerprint density at radius 1 is 1.38 bits per heavy atom. The minimum Gasteiger partial charge on any atom is -0.381 e. The van der Waals surface area contributed by atoms with Crippen molar-refractivity contribution in [2.45, 2.75) is 32.4 Å². The molecule has 0 aromatic heterocycles. The molecule has 0 fully saturated rings. The van der Waals surface area contributed by atoms with Crippen LogP contribution in [-0.2, 0) is 14.6 Å². The Hall–Kier alpha value is -0.130. The lowest BCUT2D eigenvalue weighted by atomic mass is 10.3. The van der Waals surface area contributed by atoms with E-state index in [9.17, 15) is 8.42 Å². The molecule has 0 rings (SSSR count). The first-order valence-corrected chi connectivity index (χ1v) is 6.18. The van der Waals surface area contributed by atoms with Gasteiger partial charge >= 0.3 is 0 Å². The molecule has 0 aliphatic rings. The highest BCUT2D eigenvalue weighted by Crippen LogP contribution is 2.01. The molecule has 0 aromatic carbocycles. The molecule has 2 atom stereocenters. The lowest BCUT2D eigenvalue weighted by Gasteiger charge is -2.10. The van der Waals surface area contributed by atoms with E-state index >= 15 is 0 Å². The lowest BCUT2D eigenvalue weighted by molar-refractivity contribution is 0.136. The Balaban J connectivity index is 3.95. The average molecular weight is 209 g/mol. The molecule has 0 radical (unpaired) electrons. The van der Waals surface area contributed by atoms with E-state index in [0.717, 1.165) is 0 Å².